The average molecular weight is 247 g/mol. The molecule has 1 rings (SSSR count). The normalized spacial score (nSPS) is 11.9. The van der Waals surface area contributed by atoms with Crippen LogP contribution in [0.4, 0.5) is 13.2 Å². The van der Waals surface area contributed by atoms with E-state index in [4.69, 9.17) is 5.11 Å². The third kappa shape index (κ3) is 3.78. The average Bonchev–Trinajstić information content (AvgIpc) is 2.23. The van der Waals surface area contributed by atoms with Crippen molar-refractivity contribution in [3.05, 3.63) is 35.4 Å². The van der Waals surface area contributed by atoms with Gasteiger partial charge in [-0.15, -0.1) is 0 Å². The van der Waals surface area contributed by atoms with Crippen LogP contribution in [0.1, 0.15) is 5.56 Å². The number of benzene rings is 1. The summed E-state index contributed by atoms with van der Waals surface area (Å²) < 4.78 is 38.1. The first-order valence-corrected chi connectivity index (χ1v) is 4.49. The zero-order valence-electron chi connectivity index (χ0n) is 8.41. The Labute approximate surface area is 94.1 Å². The van der Waals surface area contributed by atoms with Gasteiger partial charge in [-0.2, -0.15) is 0 Å². The molecule has 0 radical (unpaired) electrons. The number of aliphatic carboxylic acids is 1. The standard InChI is InChI=1S/C10H8F3NO3/c11-6-1-5(2-7(12)3-6)4-14-9(15)8(13)10(16)17/h1-3,8H,4H2,(H,14,15)(H,16,17). The van der Waals surface area contributed by atoms with Crippen LogP contribution < -0.4 is 5.32 Å². The number of carboxylic acid groups (broad SMARTS) is 1. The summed E-state index contributed by atoms with van der Waals surface area (Å²) in [6.07, 6.45) is -2.70. The molecule has 1 aromatic carbocycles. The molecule has 0 aromatic heterocycles. The second-order valence-electron chi connectivity index (χ2n) is 3.20. The lowest BCUT2D eigenvalue weighted by Crippen LogP contribution is -2.36. The fourth-order valence-corrected chi connectivity index (χ4v) is 1.10. The maximum Gasteiger partial charge on any atom is 0.348 e. The third-order valence-electron chi connectivity index (χ3n) is 1.84. The van der Waals surface area contributed by atoms with E-state index in [2.05, 4.69) is 0 Å². The summed E-state index contributed by atoms with van der Waals surface area (Å²) in [5.41, 5.74) is 0.0634. The largest absolute Gasteiger partial charge is 0.479 e. The number of alkyl halides is 1. The van der Waals surface area contributed by atoms with Crippen molar-refractivity contribution in [3.8, 4) is 0 Å². The van der Waals surface area contributed by atoms with Gasteiger partial charge in [0.25, 0.3) is 12.1 Å². The number of hydrogen-bond acceptors (Lipinski definition) is 2. The molecule has 0 bridgehead atoms. The summed E-state index contributed by atoms with van der Waals surface area (Å²) in [5, 5.41) is 10.1. The zero-order valence-corrected chi connectivity index (χ0v) is 8.41. The van der Waals surface area contributed by atoms with Crippen molar-refractivity contribution in [3.63, 3.8) is 0 Å². The van der Waals surface area contributed by atoms with Gasteiger partial charge in [0.05, 0.1) is 0 Å². The first-order valence-electron chi connectivity index (χ1n) is 4.49. The van der Waals surface area contributed by atoms with Crippen molar-refractivity contribution < 1.29 is 27.9 Å². The number of rotatable bonds is 4. The molecule has 0 aliphatic carbocycles. The minimum Gasteiger partial charge on any atom is -0.479 e. The number of carbonyl (C=O) groups is 2. The SMILES string of the molecule is O=C(O)C(F)C(=O)NCc1cc(F)cc(F)c1. The van der Waals surface area contributed by atoms with Crippen LogP contribution in [-0.4, -0.2) is 23.2 Å². The van der Waals surface area contributed by atoms with E-state index in [-0.39, 0.29) is 12.1 Å². The van der Waals surface area contributed by atoms with Gasteiger partial charge in [-0.3, -0.25) is 4.79 Å². The molecule has 1 unspecified atom stereocenters. The number of carbonyl (C=O) groups excluding carboxylic acids is 1. The van der Waals surface area contributed by atoms with Gasteiger partial charge in [-0.05, 0) is 17.7 Å². The number of hydrogen-bond donors (Lipinski definition) is 2. The molecule has 17 heavy (non-hydrogen) atoms. The van der Waals surface area contributed by atoms with E-state index in [1.165, 1.54) is 0 Å². The lowest BCUT2D eigenvalue weighted by Gasteiger charge is -2.06. The second-order valence-corrected chi connectivity index (χ2v) is 3.20. The van der Waals surface area contributed by atoms with Crippen LogP contribution in [0.3, 0.4) is 0 Å². The van der Waals surface area contributed by atoms with E-state index in [1.54, 1.807) is 0 Å². The van der Waals surface area contributed by atoms with Gasteiger partial charge < -0.3 is 10.4 Å². The second kappa shape index (κ2) is 5.33. The lowest BCUT2D eigenvalue weighted by atomic mass is 10.2. The Morgan fingerprint density at radius 1 is 1.24 bits per heavy atom. The van der Waals surface area contributed by atoms with Gasteiger partial charge in [0, 0.05) is 12.6 Å². The fraction of sp³-hybridized carbons (Fsp3) is 0.200. The highest BCUT2D eigenvalue weighted by Crippen LogP contribution is 2.07. The summed E-state index contributed by atoms with van der Waals surface area (Å²) in [6, 6.07) is 2.52. The molecule has 7 heteroatoms. The first-order chi connectivity index (χ1) is 7.90. The molecule has 0 saturated carbocycles. The summed E-state index contributed by atoms with van der Waals surface area (Å²) in [7, 11) is 0. The highest BCUT2D eigenvalue weighted by molar-refractivity contribution is 5.99. The van der Waals surface area contributed by atoms with E-state index in [0.29, 0.717) is 6.07 Å². The van der Waals surface area contributed by atoms with Crippen LogP contribution >= 0.6 is 0 Å². The monoisotopic (exact) mass is 247 g/mol. The number of amides is 1. The van der Waals surface area contributed by atoms with E-state index >= 15 is 0 Å². The Hall–Kier alpha value is -2.05. The number of carboxylic acids is 1. The predicted molar refractivity (Wildman–Crippen MR) is 50.7 cm³/mol. The van der Waals surface area contributed by atoms with Crippen LogP contribution in [0.2, 0.25) is 0 Å². The minimum atomic E-state index is -2.70. The Balaban J connectivity index is 2.61. The molecule has 0 spiro atoms. The van der Waals surface area contributed by atoms with Crippen LogP contribution in [0.5, 0.6) is 0 Å². The summed E-state index contributed by atoms with van der Waals surface area (Å²) in [4.78, 5) is 21.0. The third-order valence-corrected chi connectivity index (χ3v) is 1.84. The topological polar surface area (TPSA) is 66.4 Å². The molecule has 1 aromatic rings. The molecule has 92 valence electrons. The Morgan fingerprint density at radius 3 is 2.24 bits per heavy atom. The minimum absolute atomic E-state index is 0.0634. The van der Waals surface area contributed by atoms with Crippen molar-refractivity contribution in [1.29, 1.82) is 0 Å². The molecule has 0 saturated heterocycles. The van der Waals surface area contributed by atoms with Crippen molar-refractivity contribution in [1.82, 2.24) is 5.32 Å². The zero-order chi connectivity index (χ0) is 13.0. The maximum atomic E-state index is 12.7. The van der Waals surface area contributed by atoms with Crippen LogP contribution in [-0.2, 0) is 16.1 Å². The molecule has 1 amide bonds. The van der Waals surface area contributed by atoms with E-state index in [1.807, 2.05) is 5.32 Å². The van der Waals surface area contributed by atoms with E-state index in [9.17, 15) is 22.8 Å². The van der Waals surface area contributed by atoms with E-state index < -0.39 is 29.7 Å². The smallest absolute Gasteiger partial charge is 0.348 e. The number of halogens is 3. The van der Waals surface area contributed by atoms with Gasteiger partial charge in [0.15, 0.2) is 0 Å². The predicted octanol–water partition coefficient (Wildman–Crippen LogP) is 1.00. The first kappa shape index (κ1) is 13.0. The summed E-state index contributed by atoms with van der Waals surface area (Å²) in [6.45, 7) is -0.360. The Morgan fingerprint density at radius 2 is 1.76 bits per heavy atom. The molecule has 0 fully saturated rings. The summed E-state index contributed by atoms with van der Waals surface area (Å²) in [5.74, 6) is -4.98. The lowest BCUT2D eigenvalue weighted by molar-refractivity contribution is -0.148. The maximum absolute atomic E-state index is 12.7. The van der Waals surface area contributed by atoms with Gasteiger partial charge >= 0.3 is 5.97 Å². The molecule has 4 nitrogen and oxygen atoms in total. The quantitative estimate of drug-likeness (QED) is 0.780. The highest BCUT2D eigenvalue weighted by atomic mass is 19.1. The van der Waals surface area contributed by atoms with E-state index in [0.717, 1.165) is 12.1 Å². The molecular formula is C10H8F3NO3. The van der Waals surface area contributed by atoms with Crippen molar-refractivity contribution in [2.45, 2.75) is 12.7 Å². The van der Waals surface area contributed by atoms with Gasteiger partial charge in [0.2, 0.25) is 0 Å². The van der Waals surface area contributed by atoms with Crippen LogP contribution in [0.25, 0.3) is 0 Å². The molecule has 0 aliphatic rings. The fourth-order valence-electron chi connectivity index (χ4n) is 1.10. The Bertz CT molecular complexity index is 430. The van der Waals surface area contributed by atoms with Gasteiger partial charge in [-0.1, -0.05) is 0 Å². The van der Waals surface area contributed by atoms with Crippen molar-refractivity contribution >= 4 is 11.9 Å². The number of nitrogens with one attached hydrogen (secondary N) is 1. The van der Waals surface area contributed by atoms with Crippen LogP contribution in [0, 0.1) is 11.6 Å². The van der Waals surface area contributed by atoms with Crippen molar-refractivity contribution in [2.24, 2.45) is 0 Å². The Kier molecular flexibility index (Phi) is 4.08. The molecule has 2 N–H and O–H groups in total. The molecule has 0 heterocycles. The molecular weight excluding hydrogens is 239 g/mol. The highest BCUT2D eigenvalue weighted by Gasteiger charge is 2.24. The van der Waals surface area contributed by atoms with Crippen molar-refractivity contribution in [2.75, 3.05) is 0 Å². The van der Waals surface area contributed by atoms with Gasteiger partial charge in [-0.25, -0.2) is 18.0 Å². The van der Waals surface area contributed by atoms with Gasteiger partial charge in [0.1, 0.15) is 11.6 Å². The molecule has 0 aliphatic heterocycles. The van der Waals surface area contributed by atoms with Crippen LogP contribution in [0.15, 0.2) is 18.2 Å². The summed E-state index contributed by atoms with van der Waals surface area (Å²) >= 11 is 0. The molecule has 1 atom stereocenters.